The van der Waals surface area contributed by atoms with Gasteiger partial charge in [-0.15, -0.1) is 0 Å². The van der Waals surface area contributed by atoms with Crippen molar-refractivity contribution in [2.75, 3.05) is 7.11 Å². The predicted molar refractivity (Wildman–Crippen MR) is 111 cm³/mol. The number of thiazole rings is 1. The molecule has 2 heterocycles. The number of methoxy groups -OCH3 is 1. The summed E-state index contributed by atoms with van der Waals surface area (Å²) in [7, 11) is 1.46. The Balaban J connectivity index is 1.81. The second kappa shape index (κ2) is 7.11. The van der Waals surface area contributed by atoms with Gasteiger partial charge in [0.25, 0.3) is 5.56 Å². The van der Waals surface area contributed by atoms with Gasteiger partial charge in [-0.1, -0.05) is 23.5 Å². The molecular weight excluding hydrogens is 442 g/mol. The van der Waals surface area contributed by atoms with Gasteiger partial charge in [0.2, 0.25) is 0 Å². The summed E-state index contributed by atoms with van der Waals surface area (Å²) >= 11 is 4.55. The Labute approximate surface area is 171 Å². The molecule has 28 heavy (non-hydrogen) atoms. The lowest BCUT2D eigenvalue weighted by atomic mass is 10.1. The molecule has 2 aromatic heterocycles. The number of rotatable bonds is 3. The van der Waals surface area contributed by atoms with Gasteiger partial charge in [0.05, 0.1) is 33.4 Å². The number of nitriles is 1. The number of imidazole rings is 1. The van der Waals surface area contributed by atoms with Crippen LogP contribution in [0.1, 0.15) is 11.1 Å². The van der Waals surface area contributed by atoms with Crippen LogP contribution >= 0.6 is 27.3 Å². The van der Waals surface area contributed by atoms with E-state index in [0.29, 0.717) is 36.5 Å². The Morgan fingerprint density at radius 3 is 2.89 bits per heavy atom. The standard InChI is InChI=1S/C20H12BrN3O3S/c1-27-16-7-12(6-14(21)18(16)25)8-17-19(26)24-10-15(23-20(24)28-17)13-4-2-3-11(5-13)9-22/h2-8,10,25H,1H3. The van der Waals surface area contributed by atoms with Gasteiger partial charge in [-0.05, 0) is 51.8 Å². The fraction of sp³-hybridized carbons (Fsp3) is 0.0500. The molecule has 1 N–H and O–H groups in total. The van der Waals surface area contributed by atoms with Crippen molar-refractivity contribution in [1.82, 2.24) is 9.38 Å². The van der Waals surface area contributed by atoms with Crippen molar-refractivity contribution < 1.29 is 9.84 Å². The normalized spacial score (nSPS) is 11.7. The zero-order chi connectivity index (χ0) is 19.8. The Bertz CT molecular complexity index is 1370. The first-order valence-corrected chi connectivity index (χ1v) is 9.72. The van der Waals surface area contributed by atoms with Crippen molar-refractivity contribution in [3.8, 4) is 28.8 Å². The van der Waals surface area contributed by atoms with E-state index in [-0.39, 0.29) is 11.3 Å². The minimum Gasteiger partial charge on any atom is -0.503 e. The van der Waals surface area contributed by atoms with Crippen LogP contribution in [0.25, 0.3) is 22.3 Å². The Kier molecular flexibility index (Phi) is 4.63. The first kappa shape index (κ1) is 18.2. The molecular formula is C20H12BrN3O3S. The van der Waals surface area contributed by atoms with E-state index in [0.717, 1.165) is 5.56 Å². The topological polar surface area (TPSA) is 87.6 Å². The number of aromatic nitrogens is 2. The molecule has 0 aliphatic carbocycles. The minimum absolute atomic E-state index is 0.00669. The van der Waals surface area contributed by atoms with Gasteiger partial charge < -0.3 is 9.84 Å². The van der Waals surface area contributed by atoms with Crippen LogP contribution in [-0.2, 0) is 0 Å². The van der Waals surface area contributed by atoms with Crippen LogP contribution in [0.3, 0.4) is 0 Å². The Morgan fingerprint density at radius 2 is 2.18 bits per heavy atom. The molecule has 2 aromatic carbocycles. The maximum atomic E-state index is 12.8. The van der Waals surface area contributed by atoms with Crippen LogP contribution in [0.15, 0.2) is 51.9 Å². The molecule has 4 rings (SSSR count). The number of hydrogen-bond acceptors (Lipinski definition) is 6. The number of phenolic OH excluding ortho intramolecular Hbond substituents is 1. The molecule has 8 heteroatoms. The lowest BCUT2D eigenvalue weighted by Gasteiger charge is -2.06. The molecule has 0 amide bonds. The van der Waals surface area contributed by atoms with Gasteiger partial charge in [0.1, 0.15) is 0 Å². The van der Waals surface area contributed by atoms with Crippen LogP contribution < -0.4 is 14.8 Å². The second-order valence-corrected chi connectivity index (χ2v) is 7.80. The predicted octanol–water partition coefficient (Wildman–Crippen LogP) is 3.32. The van der Waals surface area contributed by atoms with Crippen LogP contribution in [0.5, 0.6) is 11.5 Å². The second-order valence-electron chi connectivity index (χ2n) is 5.94. The van der Waals surface area contributed by atoms with E-state index >= 15 is 0 Å². The fourth-order valence-corrected chi connectivity index (χ4v) is 4.22. The highest BCUT2D eigenvalue weighted by atomic mass is 79.9. The zero-order valence-electron chi connectivity index (χ0n) is 14.5. The van der Waals surface area contributed by atoms with Gasteiger partial charge >= 0.3 is 0 Å². The van der Waals surface area contributed by atoms with Crippen LogP contribution in [0.2, 0.25) is 0 Å². The van der Waals surface area contributed by atoms with Crippen LogP contribution in [0, 0.1) is 11.3 Å². The number of nitrogens with zero attached hydrogens (tertiary/aromatic N) is 3. The van der Waals surface area contributed by atoms with Crippen molar-refractivity contribution in [2.45, 2.75) is 0 Å². The Morgan fingerprint density at radius 1 is 1.36 bits per heavy atom. The number of aromatic hydroxyl groups is 1. The largest absolute Gasteiger partial charge is 0.503 e. The van der Waals surface area contributed by atoms with E-state index in [2.05, 4.69) is 27.0 Å². The van der Waals surface area contributed by atoms with Gasteiger partial charge in [0.15, 0.2) is 16.5 Å². The first-order valence-electron chi connectivity index (χ1n) is 8.11. The van der Waals surface area contributed by atoms with E-state index in [1.807, 2.05) is 6.07 Å². The van der Waals surface area contributed by atoms with Gasteiger partial charge in [0, 0.05) is 11.8 Å². The van der Waals surface area contributed by atoms with Crippen molar-refractivity contribution in [1.29, 1.82) is 5.26 Å². The SMILES string of the molecule is COc1cc(C=c2sc3nc(-c4cccc(C#N)c4)cn3c2=O)cc(Br)c1O. The first-order chi connectivity index (χ1) is 13.5. The average molecular weight is 454 g/mol. The molecule has 0 fully saturated rings. The molecule has 0 unspecified atom stereocenters. The molecule has 0 aliphatic heterocycles. The molecule has 0 saturated heterocycles. The van der Waals surface area contributed by atoms with Gasteiger partial charge in [-0.2, -0.15) is 5.26 Å². The monoisotopic (exact) mass is 453 g/mol. The summed E-state index contributed by atoms with van der Waals surface area (Å²) in [6.07, 6.45) is 3.40. The summed E-state index contributed by atoms with van der Waals surface area (Å²) in [6.45, 7) is 0. The average Bonchev–Trinajstić information content (AvgIpc) is 3.24. The fourth-order valence-electron chi connectivity index (χ4n) is 2.80. The van der Waals surface area contributed by atoms with Gasteiger partial charge in [-0.25, -0.2) is 4.98 Å². The number of benzene rings is 2. The maximum Gasteiger partial charge on any atom is 0.274 e. The maximum absolute atomic E-state index is 12.8. The number of fused-ring (bicyclic) bond motifs is 1. The van der Waals surface area contributed by atoms with Crippen molar-refractivity contribution >= 4 is 38.3 Å². The molecule has 6 nitrogen and oxygen atoms in total. The summed E-state index contributed by atoms with van der Waals surface area (Å²) in [5.74, 6) is 0.321. The molecule has 0 spiro atoms. The number of phenols is 1. The summed E-state index contributed by atoms with van der Waals surface area (Å²) in [5, 5.41) is 19.0. The summed E-state index contributed by atoms with van der Waals surface area (Å²) in [4.78, 5) is 17.9. The molecule has 0 saturated carbocycles. The molecule has 0 atom stereocenters. The summed E-state index contributed by atoms with van der Waals surface area (Å²) < 4.78 is 7.64. The van der Waals surface area contributed by atoms with E-state index in [1.165, 1.54) is 22.8 Å². The lowest BCUT2D eigenvalue weighted by Crippen LogP contribution is -2.22. The quantitative estimate of drug-likeness (QED) is 0.513. The third-order valence-corrected chi connectivity index (χ3v) is 5.75. The minimum atomic E-state index is -0.182. The lowest BCUT2D eigenvalue weighted by molar-refractivity contribution is 0.372. The summed E-state index contributed by atoms with van der Waals surface area (Å²) in [6, 6.07) is 12.6. The van der Waals surface area contributed by atoms with E-state index in [4.69, 9.17) is 10.00 Å². The highest BCUT2D eigenvalue weighted by molar-refractivity contribution is 9.10. The highest BCUT2D eigenvalue weighted by Crippen LogP contribution is 2.35. The third-order valence-electron chi connectivity index (χ3n) is 4.16. The van der Waals surface area contributed by atoms with Crippen LogP contribution in [0.4, 0.5) is 0 Å². The van der Waals surface area contributed by atoms with Crippen molar-refractivity contribution in [3.05, 3.63) is 73.1 Å². The smallest absolute Gasteiger partial charge is 0.274 e. The Hall–Kier alpha value is -3.15. The molecule has 0 bridgehead atoms. The molecule has 0 radical (unpaired) electrons. The number of halogens is 1. The third kappa shape index (κ3) is 3.15. The zero-order valence-corrected chi connectivity index (χ0v) is 16.9. The molecule has 4 aromatic rings. The van der Waals surface area contributed by atoms with Crippen LogP contribution in [-0.4, -0.2) is 21.6 Å². The van der Waals surface area contributed by atoms with E-state index in [1.54, 1.807) is 42.6 Å². The highest BCUT2D eigenvalue weighted by Gasteiger charge is 2.12. The van der Waals surface area contributed by atoms with Crippen molar-refractivity contribution in [2.24, 2.45) is 0 Å². The van der Waals surface area contributed by atoms with Gasteiger partial charge in [-0.3, -0.25) is 9.20 Å². The number of hydrogen-bond donors (Lipinski definition) is 1. The van der Waals surface area contributed by atoms with Crippen molar-refractivity contribution in [3.63, 3.8) is 0 Å². The summed E-state index contributed by atoms with van der Waals surface area (Å²) in [5.41, 5.74) is 2.49. The van der Waals surface area contributed by atoms with E-state index < -0.39 is 0 Å². The van der Waals surface area contributed by atoms with E-state index in [9.17, 15) is 9.90 Å². The number of ether oxygens (including phenoxy) is 1. The molecule has 138 valence electrons. The molecule has 0 aliphatic rings.